The fourth-order valence-electron chi connectivity index (χ4n) is 7.94. The molecule has 0 bridgehead atoms. The van der Waals surface area contributed by atoms with Gasteiger partial charge < -0.3 is 15.1 Å². The van der Waals surface area contributed by atoms with Crippen molar-refractivity contribution in [2.24, 2.45) is 11.8 Å². The van der Waals surface area contributed by atoms with Crippen LogP contribution in [0, 0.1) is 65.5 Å². The molecule has 0 aliphatic rings. The van der Waals surface area contributed by atoms with Gasteiger partial charge in [-0.2, -0.15) is 0 Å². The number of hydrogen-bond donors (Lipinski definition) is 1. The quantitative estimate of drug-likeness (QED) is 0.0754. The van der Waals surface area contributed by atoms with Gasteiger partial charge in [-0.3, -0.25) is 4.79 Å². The molecule has 2 aromatic heterocycles. The Kier molecular flexibility index (Phi) is 17.4. The predicted molar refractivity (Wildman–Crippen MR) is 253 cm³/mol. The summed E-state index contributed by atoms with van der Waals surface area (Å²) in [7, 11) is 0. The van der Waals surface area contributed by atoms with E-state index >= 15 is 0 Å². The molecule has 6 rings (SSSR count). The van der Waals surface area contributed by atoms with E-state index < -0.39 is 18.8 Å². The number of carbonyl (C=O) groups is 1. The van der Waals surface area contributed by atoms with E-state index in [-0.39, 0.29) is 62.0 Å². The Balaban J connectivity index is 0.000000266. The van der Waals surface area contributed by atoms with Crippen molar-refractivity contribution in [3.05, 3.63) is 141 Å². The van der Waals surface area contributed by atoms with Crippen LogP contribution in [-0.2, 0) is 24.9 Å². The fraction of sp³-hybridized carbons (Fsp3) is 0.400. The minimum atomic E-state index is -2.46. The predicted octanol–water partition coefficient (Wildman–Crippen LogP) is 15.6. The van der Waals surface area contributed by atoms with Gasteiger partial charge in [-0.05, 0) is 112 Å². The molecule has 1 atom stereocenters. The van der Waals surface area contributed by atoms with E-state index in [1.165, 1.54) is 22.3 Å². The number of hydrogen-bond acceptors (Lipinski definition) is 4. The van der Waals surface area contributed by atoms with Gasteiger partial charge in [0, 0.05) is 56.8 Å². The number of carbonyl (C=O) groups excluding carboxylic acids is 1. The molecule has 1 N–H and O–H groups in total. The number of aromatic nitrogens is 2. The van der Waals surface area contributed by atoms with Gasteiger partial charge in [-0.1, -0.05) is 100 Å². The van der Waals surface area contributed by atoms with Gasteiger partial charge in [-0.15, -0.1) is 69.8 Å². The van der Waals surface area contributed by atoms with Crippen LogP contribution in [0.1, 0.15) is 136 Å². The molecule has 0 aliphatic carbocycles. The summed E-state index contributed by atoms with van der Waals surface area (Å²) in [5.41, 5.74) is 12.5. The van der Waals surface area contributed by atoms with E-state index in [0.717, 1.165) is 72.4 Å². The zero-order chi connectivity index (χ0) is 48.6. The zero-order valence-corrected chi connectivity index (χ0v) is 41.1. The average Bonchev–Trinajstić information content (AvgIpc) is 3.22. The van der Waals surface area contributed by atoms with Gasteiger partial charge in [0.2, 0.25) is 6.43 Å². The summed E-state index contributed by atoms with van der Waals surface area (Å²) in [5.74, 6) is -0.348. The third-order valence-corrected chi connectivity index (χ3v) is 11.1. The number of halogens is 2. The van der Waals surface area contributed by atoms with Crippen molar-refractivity contribution in [1.82, 2.24) is 9.97 Å². The van der Waals surface area contributed by atoms with Gasteiger partial charge in [-0.25, -0.2) is 8.78 Å². The van der Waals surface area contributed by atoms with Crippen molar-refractivity contribution in [2.45, 2.75) is 134 Å². The van der Waals surface area contributed by atoms with E-state index in [2.05, 4.69) is 114 Å². The molecule has 62 heavy (non-hydrogen) atoms. The van der Waals surface area contributed by atoms with E-state index in [1.807, 2.05) is 39.8 Å². The number of nitrogens with zero attached hydrogens (tertiary/aromatic N) is 2. The van der Waals surface area contributed by atoms with Gasteiger partial charge in [0.25, 0.3) is 0 Å². The van der Waals surface area contributed by atoms with Crippen LogP contribution in [0.4, 0.5) is 8.78 Å². The summed E-state index contributed by atoms with van der Waals surface area (Å²) in [5, 5.41) is 13.1. The second-order valence-electron chi connectivity index (χ2n) is 16.9. The van der Waals surface area contributed by atoms with Crippen LogP contribution in [0.2, 0.25) is 0 Å². The van der Waals surface area contributed by atoms with Crippen LogP contribution in [0.25, 0.3) is 44.1 Å². The number of alkyl halides is 2. The van der Waals surface area contributed by atoms with Crippen LogP contribution in [0.15, 0.2) is 84.8 Å². The molecule has 0 saturated carbocycles. The molecule has 0 spiro atoms. The maximum absolute atomic E-state index is 12.2. The van der Waals surface area contributed by atoms with Crippen molar-refractivity contribution >= 4 is 27.3 Å². The second kappa shape index (κ2) is 23.7. The fourth-order valence-corrected chi connectivity index (χ4v) is 7.94. The SMILES string of the molecule is CCC(CC)C(=O)/C=C(\O)C(CC)CC(F)F.[2H]c1nc(-c2[c-]c(C)cc(C)c2)c2cc(C)c(C(C)C)cc2c1[2H].[2H]c1nc(-c2[c-]c(C)cc(C)c2)c2cc(C)c(C(C)C)cc2c1[2H].[Ir]. The van der Waals surface area contributed by atoms with Crippen molar-refractivity contribution < 1.29 is 44.3 Å². The van der Waals surface area contributed by atoms with E-state index in [4.69, 9.17) is 5.48 Å². The second-order valence-corrected chi connectivity index (χ2v) is 16.9. The normalized spacial score (nSPS) is 12.9. The van der Waals surface area contributed by atoms with Crippen LogP contribution >= 0.6 is 0 Å². The Morgan fingerprint density at radius 1 is 0.677 bits per heavy atom. The van der Waals surface area contributed by atoms with E-state index in [9.17, 15) is 18.7 Å². The molecule has 4 aromatic carbocycles. The molecule has 0 amide bonds. The number of pyridine rings is 2. The van der Waals surface area contributed by atoms with Gasteiger partial charge in [0.15, 0.2) is 5.78 Å². The molecule has 0 saturated heterocycles. The molecule has 6 aromatic rings. The molecular formula is C55H66F2IrN2O2-2. The minimum Gasteiger partial charge on any atom is -0.512 e. The monoisotopic (exact) mass is 1020 g/mol. The Hall–Kier alpha value is -4.58. The number of rotatable bonds is 12. The maximum atomic E-state index is 12.2. The third-order valence-electron chi connectivity index (χ3n) is 11.1. The molecule has 333 valence electrons. The van der Waals surface area contributed by atoms with Gasteiger partial charge in [0.1, 0.15) is 0 Å². The number of aryl methyl sites for hydroxylation is 6. The Morgan fingerprint density at radius 3 is 1.42 bits per heavy atom. The van der Waals surface area contributed by atoms with E-state index in [0.29, 0.717) is 31.1 Å². The summed E-state index contributed by atoms with van der Waals surface area (Å²) in [6.45, 7) is 26.5. The Morgan fingerprint density at radius 2 is 1.08 bits per heavy atom. The smallest absolute Gasteiger partial charge is 0.239 e. The van der Waals surface area contributed by atoms with Gasteiger partial charge in [0.05, 0.1) is 11.2 Å². The summed E-state index contributed by atoms with van der Waals surface area (Å²) in [6, 6.07) is 23.7. The van der Waals surface area contributed by atoms with Crippen molar-refractivity contribution in [1.29, 1.82) is 0 Å². The molecule has 7 heteroatoms. The number of aliphatic hydroxyl groups is 1. The van der Waals surface area contributed by atoms with Crippen LogP contribution in [0.3, 0.4) is 0 Å². The molecule has 0 fully saturated rings. The molecule has 1 radical (unpaired) electrons. The summed E-state index contributed by atoms with van der Waals surface area (Å²) in [6.07, 6.45) is 0.118. The summed E-state index contributed by atoms with van der Waals surface area (Å²) >= 11 is 0. The topological polar surface area (TPSA) is 63.1 Å². The molecule has 4 nitrogen and oxygen atoms in total. The zero-order valence-electron chi connectivity index (χ0n) is 42.8. The molecular weight excluding hydrogens is 951 g/mol. The average molecular weight is 1020 g/mol. The van der Waals surface area contributed by atoms with E-state index in [1.54, 1.807) is 6.92 Å². The Labute approximate surface area is 389 Å². The molecule has 2 heterocycles. The summed E-state index contributed by atoms with van der Waals surface area (Å²) < 4.78 is 57.3. The first-order chi connectivity index (χ1) is 30.5. The number of aliphatic hydroxyl groups excluding tert-OH is 1. The number of benzene rings is 4. The van der Waals surface area contributed by atoms with Crippen molar-refractivity contribution in [3.8, 4) is 22.5 Å². The first kappa shape index (κ1) is 45.4. The molecule has 0 aliphatic heterocycles. The van der Waals surface area contributed by atoms with Gasteiger partial charge >= 0.3 is 0 Å². The first-order valence-electron chi connectivity index (χ1n) is 23.6. The molecule has 1 unspecified atom stereocenters. The first-order valence-corrected chi connectivity index (χ1v) is 21.6. The maximum Gasteiger partial charge on any atom is 0.239 e. The number of ketones is 1. The largest absolute Gasteiger partial charge is 0.512 e. The van der Waals surface area contributed by atoms with Crippen molar-refractivity contribution in [3.63, 3.8) is 0 Å². The third kappa shape index (κ3) is 13.7. The van der Waals surface area contributed by atoms with Crippen LogP contribution < -0.4 is 0 Å². The number of fused-ring (bicyclic) bond motifs is 2. The minimum absolute atomic E-state index is 0. The standard InChI is InChI=1S/2C21H22N.C13H22F2O2.Ir/c2*1-13(2)19-12-17-6-7-22-21(20(17)11-16(19)5)18-9-14(3)8-15(4)10-18;1-4-9(5-2)11(16)8-12(17)10(6-3)7-13(14)15;/h2*6-9,11-13H,1-5H3;8-10,13,17H,4-7H2,1-3H3;/q2*-1;;/b;;12-8-;/i2*6D,7D;;. The summed E-state index contributed by atoms with van der Waals surface area (Å²) in [4.78, 5) is 20.5. The van der Waals surface area contributed by atoms with Crippen LogP contribution in [0.5, 0.6) is 0 Å². The van der Waals surface area contributed by atoms with Crippen LogP contribution in [-0.4, -0.2) is 27.3 Å². The Bertz CT molecular complexity index is 2500. The number of allylic oxidation sites excluding steroid dienone is 2. The van der Waals surface area contributed by atoms with Crippen molar-refractivity contribution in [2.75, 3.05) is 0 Å².